The SMILES string of the molecule is CC1=CC(c2nc(C(N)=O)c(NC(=O)c3ccc(CN4CCN(C)CC4)cc3)s2)=CC(C)N1. The number of nitrogens with two attached hydrogens (primary N) is 1. The summed E-state index contributed by atoms with van der Waals surface area (Å²) in [4.78, 5) is 34.0. The third kappa shape index (κ3) is 5.68. The van der Waals surface area contributed by atoms with Gasteiger partial charge in [-0.25, -0.2) is 4.98 Å². The van der Waals surface area contributed by atoms with E-state index in [9.17, 15) is 9.59 Å². The van der Waals surface area contributed by atoms with Gasteiger partial charge in [0.2, 0.25) is 0 Å². The van der Waals surface area contributed by atoms with Gasteiger partial charge >= 0.3 is 0 Å². The van der Waals surface area contributed by atoms with Crippen molar-refractivity contribution in [3.63, 3.8) is 0 Å². The lowest BCUT2D eigenvalue weighted by Gasteiger charge is -2.32. The number of anilines is 1. The number of dihydropyridines is 1. The minimum Gasteiger partial charge on any atom is -0.383 e. The monoisotopic (exact) mass is 466 g/mol. The zero-order valence-electron chi connectivity index (χ0n) is 19.2. The Morgan fingerprint density at radius 1 is 1.21 bits per heavy atom. The Labute approximate surface area is 198 Å². The van der Waals surface area contributed by atoms with Gasteiger partial charge in [0.25, 0.3) is 11.8 Å². The summed E-state index contributed by atoms with van der Waals surface area (Å²) in [6.45, 7) is 9.11. The highest BCUT2D eigenvalue weighted by Gasteiger charge is 2.21. The second kappa shape index (κ2) is 9.86. The largest absolute Gasteiger partial charge is 0.383 e. The number of allylic oxidation sites excluding steroid dienone is 3. The molecule has 1 unspecified atom stereocenters. The molecule has 33 heavy (non-hydrogen) atoms. The van der Waals surface area contributed by atoms with Gasteiger partial charge in [-0.1, -0.05) is 29.5 Å². The number of rotatable bonds is 6. The maximum Gasteiger partial charge on any atom is 0.270 e. The first-order valence-corrected chi connectivity index (χ1v) is 11.9. The van der Waals surface area contributed by atoms with Crippen LogP contribution in [-0.2, 0) is 6.54 Å². The number of aromatic nitrogens is 1. The molecule has 8 nitrogen and oxygen atoms in total. The summed E-state index contributed by atoms with van der Waals surface area (Å²) in [6.07, 6.45) is 4.00. The number of piperazine rings is 1. The molecule has 2 aliphatic heterocycles. The lowest BCUT2D eigenvalue weighted by atomic mass is 10.1. The van der Waals surface area contributed by atoms with Crippen LogP contribution in [0, 0.1) is 0 Å². The third-order valence-electron chi connectivity index (χ3n) is 5.81. The predicted octanol–water partition coefficient (Wildman–Crippen LogP) is 2.52. The number of carbonyl (C=O) groups excluding carboxylic acids is 2. The van der Waals surface area contributed by atoms with E-state index in [2.05, 4.69) is 32.5 Å². The average molecular weight is 467 g/mol. The van der Waals surface area contributed by atoms with E-state index in [1.165, 1.54) is 16.9 Å². The van der Waals surface area contributed by atoms with Gasteiger partial charge in [0, 0.05) is 55.6 Å². The van der Waals surface area contributed by atoms with Crippen LogP contribution in [0.5, 0.6) is 0 Å². The van der Waals surface area contributed by atoms with Gasteiger partial charge in [0.15, 0.2) is 5.69 Å². The smallest absolute Gasteiger partial charge is 0.270 e. The van der Waals surface area contributed by atoms with Crippen LogP contribution >= 0.6 is 11.3 Å². The lowest BCUT2D eigenvalue weighted by molar-refractivity contribution is 0.0997. The van der Waals surface area contributed by atoms with Crippen LogP contribution in [0.25, 0.3) is 5.57 Å². The lowest BCUT2D eigenvalue weighted by Crippen LogP contribution is -2.43. The number of nitrogens with zero attached hydrogens (tertiary/aromatic N) is 3. The number of nitrogens with one attached hydrogen (secondary N) is 2. The molecule has 1 aromatic carbocycles. The molecule has 2 aromatic rings. The number of hydrogen-bond donors (Lipinski definition) is 3. The van der Waals surface area contributed by atoms with Crippen molar-refractivity contribution in [3.8, 4) is 0 Å². The van der Waals surface area contributed by atoms with E-state index < -0.39 is 5.91 Å². The van der Waals surface area contributed by atoms with E-state index in [1.807, 2.05) is 50.3 Å². The number of primary amides is 1. The van der Waals surface area contributed by atoms with Gasteiger partial charge in [-0.2, -0.15) is 0 Å². The van der Waals surface area contributed by atoms with E-state index in [0.29, 0.717) is 15.6 Å². The number of benzene rings is 1. The number of carbonyl (C=O) groups is 2. The summed E-state index contributed by atoms with van der Waals surface area (Å²) >= 11 is 1.25. The molecule has 1 aromatic heterocycles. The normalized spacial score (nSPS) is 19.4. The summed E-state index contributed by atoms with van der Waals surface area (Å²) in [7, 11) is 2.14. The summed E-state index contributed by atoms with van der Waals surface area (Å²) in [6, 6.07) is 7.74. The van der Waals surface area contributed by atoms with Crippen LogP contribution in [0.3, 0.4) is 0 Å². The minimum absolute atomic E-state index is 0.0770. The minimum atomic E-state index is -0.668. The number of hydrogen-bond acceptors (Lipinski definition) is 7. The first-order chi connectivity index (χ1) is 15.8. The Bertz CT molecular complexity index is 1100. The fraction of sp³-hybridized carbons (Fsp3) is 0.375. The van der Waals surface area contributed by atoms with Crippen LogP contribution in [0.2, 0.25) is 0 Å². The molecule has 3 heterocycles. The second-order valence-electron chi connectivity index (χ2n) is 8.67. The highest BCUT2D eigenvalue weighted by Crippen LogP contribution is 2.32. The molecule has 0 saturated carbocycles. The Balaban J connectivity index is 1.46. The van der Waals surface area contributed by atoms with Gasteiger partial charge in [-0.15, -0.1) is 0 Å². The van der Waals surface area contributed by atoms with Crippen molar-refractivity contribution in [1.82, 2.24) is 20.1 Å². The molecule has 2 amide bonds. The molecule has 1 saturated heterocycles. The van der Waals surface area contributed by atoms with E-state index in [1.54, 1.807) is 0 Å². The van der Waals surface area contributed by atoms with Gasteiger partial charge in [-0.05, 0) is 44.7 Å². The van der Waals surface area contributed by atoms with E-state index in [-0.39, 0.29) is 17.6 Å². The molecular weight excluding hydrogens is 436 g/mol. The number of likely N-dealkylation sites (N-methyl/N-ethyl adjacent to an activating group) is 1. The quantitative estimate of drug-likeness (QED) is 0.605. The molecule has 4 N–H and O–H groups in total. The van der Waals surface area contributed by atoms with Crippen LogP contribution in [-0.4, -0.2) is 65.9 Å². The molecule has 1 fully saturated rings. The van der Waals surface area contributed by atoms with Crippen molar-refractivity contribution in [2.24, 2.45) is 5.73 Å². The molecular formula is C24H30N6O2S. The van der Waals surface area contributed by atoms with E-state index in [0.717, 1.165) is 44.0 Å². The van der Waals surface area contributed by atoms with Crippen molar-refractivity contribution in [1.29, 1.82) is 0 Å². The van der Waals surface area contributed by atoms with Crippen molar-refractivity contribution in [2.75, 3.05) is 38.5 Å². The van der Waals surface area contributed by atoms with Crippen LogP contribution in [0.1, 0.15) is 45.3 Å². The van der Waals surface area contributed by atoms with Gasteiger partial charge in [0.05, 0.1) is 0 Å². The summed E-state index contributed by atoms with van der Waals surface area (Å²) in [5, 5.41) is 7.15. The van der Waals surface area contributed by atoms with Gasteiger partial charge < -0.3 is 21.3 Å². The Morgan fingerprint density at radius 3 is 2.55 bits per heavy atom. The topological polar surface area (TPSA) is 104 Å². The fourth-order valence-corrected chi connectivity index (χ4v) is 4.98. The predicted molar refractivity (Wildman–Crippen MR) is 132 cm³/mol. The summed E-state index contributed by atoms with van der Waals surface area (Å²) < 4.78 is 0. The molecule has 0 spiro atoms. The maximum atomic E-state index is 12.9. The summed E-state index contributed by atoms with van der Waals surface area (Å²) in [5.41, 5.74) is 9.23. The Hall–Kier alpha value is -3.01. The molecule has 4 rings (SSSR count). The Kier molecular flexibility index (Phi) is 6.92. The first kappa shape index (κ1) is 23.2. The molecule has 0 radical (unpaired) electrons. The van der Waals surface area contributed by atoms with Gasteiger partial charge in [-0.3, -0.25) is 14.5 Å². The zero-order chi connectivity index (χ0) is 23.5. The van der Waals surface area contributed by atoms with Crippen molar-refractivity contribution in [2.45, 2.75) is 26.4 Å². The fourth-order valence-electron chi connectivity index (χ4n) is 4.02. The first-order valence-electron chi connectivity index (χ1n) is 11.1. The van der Waals surface area contributed by atoms with Gasteiger partial charge in [0.1, 0.15) is 10.0 Å². The second-order valence-corrected chi connectivity index (χ2v) is 9.67. The van der Waals surface area contributed by atoms with Crippen LogP contribution in [0.15, 0.2) is 42.1 Å². The third-order valence-corrected chi connectivity index (χ3v) is 6.83. The summed E-state index contributed by atoms with van der Waals surface area (Å²) in [5.74, 6) is -0.961. The highest BCUT2D eigenvalue weighted by molar-refractivity contribution is 7.17. The van der Waals surface area contributed by atoms with Crippen LogP contribution in [0.4, 0.5) is 5.00 Å². The zero-order valence-corrected chi connectivity index (χ0v) is 20.0. The molecule has 9 heteroatoms. The van der Waals surface area contributed by atoms with E-state index in [4.69, 9.17) is 5.73 Å². The number of amides is 2. The molecule has 0 aliphatic carbocycles. The van der Waals surface area contributed by atoms with E-state index >= 15 is 0 Å². The van der Waals surface area contributed by atoms with Crippen molar-refractivity contribution < 1.29 is 9.59 Å². The molecule has 174 valence electrons. The van der Waals surface area contributed by atoms with Crippen LogP contribution < -0.4 is 16.4 Å². The molecule has 2 aliphatic rings. The molecule has 0 bridgehead atoms. The Morgan fingerprint density at radius 2 is 1.91 bits per heavy atom. The molecule has 1 atom stereocenters. The number of thiazole rings is 1. The standard InChI is InChI=1S/C24H30N6O2S/c1-15-12-19(13-16(2)26-15)23-27-20(21(25)31)24(33-23)28-22(32)18-6-4-17(5-7-18)14-30-10-8-29(3)9-11-30/h4-7,12-13,15,26H,8-11,14H2,1-3H3,(H2,25,31)(H,28,32). The maximum absolute atomic E-state index is 12.9. The highest BCUT2D eigenvalue weighted by atomic mass is 32.1. The van der Waals surface area contributed by atoms with Crippen molar-refractivity contribution in [3.05, 3.63) is 63.9 Å². The average Bonchev–Trinajstić information content (AvgIpc) is 3.19. The van der Waals surface area contributed by atoms with Crippen molar-refractivity contribution >= 4 is 33.7 Å².